The first-order valence-electron chi connectivity index (χ1n) is 9.97. The van der Waals surface area contributed by atoms with Crippen LogP contribution in [0.5, 0.6) is 0 Å². The van der Waals surface area contributed by atoms with E-state index in [4.69, 9.17) is 0 Å². The van der Waals surface area contributed by atoms with Crippen LogP contribution < -0.4 is 0 Å². The molecule has 0 radical (unpaired) electrons. The van der Waals surface area contributed by atoms with E-state index in [1.807, 2.05) is 58.9 Å². The summed E-state index contributed by atoms with van der Waals surface area (Å²) in [6, 6.07) is 7.57. The van der Waals surface area contributed by atoms with Gasteiger partial charge in [-0.2, -0.15) is 0 Å². The van der Waals surface area contributed by atoms with Crippen molar-refractivity contribution in [3.8, 4) is 0 Å². The zero-order valence-corrected chi connectivity index (χ0v) is 17.5. The summed E-state index contributed by atoms with van der Waals surface area (Å²) in [6.45, 7) is 9.69. The number of hydrogen-bond donors (Lipinski definition) is 1. The van der Waals surface area contributed by atoms with Crippen LogP contribution in [0.1, 0.15) is 70.4 Å². The van der Waals surface area contributed by atoms with Crippen molar-refractivity contribution in [2.45, 2.75) is 66.2 Å². The smallest absolute Gasteiger partial charge is 0.163 e. The van der Waals surface area contributed by atoms with Gasteiger partial charge in [-0.3, -0.25) is 14.4 Å². The van der Waals surface area contributed by atoms with E-state index in [9.17, 15) is 19.5 Å². The van der Waals surface area contributed by atoms with E-state index in [0.29, 0.717) is 25.7 Å². The number of rotatable bonds is 3. The minimum atomic E-state index is -0.905. The van der Waals surface area contributed by atoms with E-state index >= 15 is 0 Å². The second kappa shape index (κ2) is 6.98. The summed E-state index contributed by atoms with van der Waals surface area (Å²) < 4.78 is 0. The van der Waals surface area contributed by atoms with E-state index in [1.165, 1.54) is 0 Å². The number of benzene rings is 1. The topological polar surface area (TPSA) is 71.4 Å². The normalized spacial score (nSPS) is 23.8. The van der Waals surface area contributed by atoms with Crippen molar-refractivity contribution < 1.29 is 19.5 Å². The quantitative estimate of drug-likeness (QED) is 0.758. The van der Waals surface area contributed by atoms with E-state index in [0.717, 1.165) is 11.1 Å². The molecule has 2 aliphatic rings. The van der Waals surface area contributed by atoms with E-state index in [1.54, 1.807) is 0 Å². The van der Waals surface area contributed by atoms with Gasteiger partial charge in [0, 0.05) is 37.2 Å². The van der Waals surface area contributed by atoms with Crippen LogP contribution in [0.15, 0.2) is 35.6 Å². The van der Waals surface area contributed by atoms with E-state index < -0.39 is 11.8 Å². The van der Waals surface area contributed by atoms with Gasteiger partial charge in [0.05, 0.1) is 5.92 Å². The fourth-order valence-corrected chi connectivity index (χ4v) is 4.73. The predicted molar refractivity (Wildman–Crippen MR) is 108 cm³/mol. The van der Waals surface area contributed by atoms with Gasteiger partial charge in [-0.1, -0.05) is 57.5 Å². The number of Topliss-reactive ketones (excluding diaryl/α,β-unsaturated/α-hetero) is 3. The third-order valence-electron chi connectivity index (χ3n) is 5.98. The van der Waals surface area contributed by atoms with Gasteiger partial charge in [0.25, 0.3) is 0 Å². The number of aliphatic hydroxyl groups is 1. The second-order valence-electron chi connectivity index (χ2n) is 10.1. The molecule has 1 fully saturated rings. The van der Waals surface area contributed by atoms with Gasteiger partial charge in [0.15, 0.2) is 5.78 Å². The van der Waals surface area contributed by atoms with Gasteiger partial charge in [0.1, 0.15) is 17.3 Å². The molecule has 150 valence electrons. The lowest BCUT2D eigenvalue weighted by Gasteiger charge is -2.39. The predicted octanol–water partition coefficient (Wildman–Crippen LogP) is 4.85. The molecule has 4 nitrogen and oxygen atoms in total. The summed E-state index contributed by atoms with van der Waals surface area (Å²) in [5.41, 5.74) is 1.36. The monoisotopic (exact) mass is 382 g/mol. The molecule has 0 amide bonds. The lowest BCUT2D eigenvalue weighted by molar-refractivity contribution is -0.140. The molecule has 0 aromatic heterocycles. The first kappa shape index (κ1) is 20.5. The minimum absolute atomic E-state index is 0.0252. The van der Waals surface area contributed by atoms with Crippen molar-refractivity contribution in [2.75, 3.05) is 0 Å². The highest BCUT2D eigenvalue weighted by molar-refractivity contribution is 6.09. The molecule has 1 saturated carbocycles. The van der Waals surface area contributed by atoms with Gasteiger partial charge < -0.3 is 5.11 Å². The molecule has 3 rings (SSSR count). The minimum Gasteiger partial charge on any atom is -0.512 e. The highest BCUT2D eigenvalue weighted by Crippen LogP contribution is 2.47. The van der Waals surface area contributed by atoms with Gasteiger partial charge in [0.2, 0.25) is 0 Å². The zero-order valence-electron chi connectivity index (χ0n) is 17.5. The van der Waals surface area contributed by atoms with Crippen molar-refractivity contribution in [3.63, 3.8) is 0 Å². The fraction of sp³-hybridized carbons (Fsp3) is 0.542. The van der Waals surface area contributed by atoms with Crippen LogP contribution in [0.4, 0.5) is 0 Å². The molecule has 1 aromatic rings. The molecule has 0 spiro atoms. The Labute approximate surface area is 167 Å². The maximum absolute atomic E-state index is 13.0. The maximum atomic E-state index is 13.0. The number of hydrogen-bond acceptors (Lipinski definition) is 4. The highest BCUT2D eigenvalue weighted by atomic mass is 16.3. The molecule has 0 heterocycles. The lowest BCUT2D eigenvalue weighted by Crippen LogP contribution is -2.43. The Balaban J connectivity index is 2.14. The van der Waals surface area contributed by atoms with Gasteiger partial charge in [-0.25, -0.2) is 0 Å². The summed E-state index contributed by atoms with van der Waals surface area (Å²) in [7, 11) is 0. The van der Waals surface area contributed by atoms with Crippen LogP contribution in [-0.4, -0.2) is 22.5 Å². The molecule has 0 saturated heterocycles. The van der Waals surface area contributed by atoms with Crippen molar-refractivity contribution in [2.24, 2.45) is 16.7 Å². The standard InChI is InChI=1S/C24H30O4/c1-14-6-8-15(9-7-14)20(21-16(25)10-23(2,3)11-17(21)26)22-18(27)12-24(4,5)13-19(22)28/h6-9,20-21,27H,10-13H2,1-5H3. The Kier molecular flexibility index (Phi) is 5.11. The fourth-order valence-electron chi connectivity index (χ4n) is 4.73. The van der Waals surface area contributed by atoms with Crippen molar-refractivity contribution in [3.05, 3.63) is 46.7 Å². The summed E-state index contributed by atoms with van der Waals surface area (Å²) in [4.78, 5) is 39.1. The van der Waals surface area contributed by atoms with Crippen LogP contribution in [-0.2, 0) is 14.4 Å². The number of aryl methyl sites for hydroxylation is 1. The Hall–Kier alpha value is -2.23. The third-order valence-corrected chi connectivity index (χ3v) is 5.98. The average Bonchev–Trinajstić information content (AvgIpc) is 2.50. The Morgan fingerprint density at radius 1 is 0.857 bits per heavy atom. The number of aliphatic hydroxyl groups excluding tert-OH is 1. The van der Waals surface area contributed by atoms with E-state index in [2.05, 4.69) is 0 Å². The lowest BCUT2D eigenvalue weighted by atomic mass is 9.62. The number of carbonyl (C=O) groups excluding carboxylic acids is 3. The summed E-state index contributed by atoms with van der Waals surface area (Å²) in [5, 5.41) is 10.8. The SMILES string of the molecule is Cc1ccc(C(C2=C(O)CC(C)(C)CC2=O)C2C(=O)CC(C)(C)CC2=O)cc1. The first-order chi connectivity index (χ1) is 12.9. The molecule has 1 unspecified atom stereocenters. The Morgan fingerprint density at radius 2 is 1.36 bits per heavy atom. The molecule has 28 heavy (non-hydrogen) atoms. The number of carbonyl (C=O) groups is 3. The maximum Gasteiger partial charge on any atom is 0.163 e. The van der Waals surface area contributed by atoms with Crippen LogP contribution >= 0.6 is 0 Å². The largest absolute Gasteiger partial charge is 0.512 e. The molecule has 2 aliphatic carbocycles. The molecule has 1 atom stereocenters. The van der Waals surface area contributed by atoms with Gasteiger partial charge in [-0.05, 0) is 23.3 Å². The second-order valence-corrected chi connectivity index (χ2v) is 10.1. The Bertz CT molecular complexity index is 835. The summed E-state index contributed by atoms with van der Waals surface area (Å²) in [6.07, 6.45) is 1.28. The zero-order chi connectivity index (χ0) is 20.9. The number of allylic oxidation sites excluding steroid dienone is 2. The first-order valence-corrected chi connectivity index (χ1v) is 9.97. The molecular formula is C24H30O4. The molecular weight excluding hydrogens is 352 g/mol. The van der Waals surface area contributed by atoms with Crippen LogP contribution in [0.25, 0.3) is 0 Å². The molecule has 4 heteroatoms. The third kappa shape index (κ3) is 3.96. The van der Waals surface area contributed by atoms with Gasteiger partial charge >= 0.3 is 0 Å². The van der Waals surface area contributed by atoms with Crippen LogP contribution in [0, 0.1) is 23.7 Å². The molecule has 0 bridgehead atoms. The van der Waals surface area contributed by atoms with Crippen molar-refractivity contribution in [1.82, 2.24) is 0 Å². The van der Waals surface area contributed by atoms with Crippen LogP contribution in [0.3, 0.4) is 0 Å². The molecule has 1 aromatic carbocycles. The van der Waals surface area contributed by atoms with Crippen molar-refractivity contribution in [1.29, 1.82) is 0 Å². The summed E-state index contributed by atoms with van der Waals surface area (Å²) in [5.74, 6) is -2.02. The molecule has 1 N–H and O–H groups in total. The van der Waals surface area contributed by atoms with E-state index in [-0.39, 0.29) is 39.5 Å². The number of ketones is 3. The highest BCUT2D eigenvalue weighted by Gasteiger charge is 2.48. The van der Waals surface area contributed by atoms with Crippen LogP contribution in [0.2, 0.25) is 0 Å². The van der Waals surface area contributed by atoms with Gasteiger partial charge in [-0.15, -0.1) is 0 Å². The average molecular weight is 383 g/mol. The summed E-state index contributed by atoms with van der Waals surface area (Å²) >= 11 is 0. The molecule has 0 aliphatic heterocycles. The van der Waals surface area contributed by atoms with Crippen molar-refractivity contribution >= 4 is 17.3 Å². The Morgan fingerprint density at radius 3 is 1.86 bits per heavy atom.